The number of nitrogens with one attached hydrogen (secondary N) is 1. The van der Waals surface area contributed by atoms with E-state index in [1.807, 2.05) is 30.3 Å². The van der Waals surface area contributed by atoms with Gasteiger partial charge in [0, 0.05) is 15.6 Å². The van der Waals surface area contributed by atoms with Gasteiger partial charge in [-0.25, -0.2) is 9.29 Å². The molecule has 0 atom stereocenters. The second kappa shape index (κ2) is 10.7. The second-order valence-electron chi connectivity index (χ2n) is 7.87. The number of anilines is 2. The van der Waals surface area contributed by atoms with Crippen molar-refractivity contribution < 1.29 is 18.7 Å². The van der Waals surface area contributed by atoms with E-state index in [-0.39, 0.29) is 15.6 Å². The van der Waals surface area contributed by atoms with Crippen molar-refractivity contribution in [1.82, 2.24) is 0 Å². The van der Waals surface area contributed by atoms with E-state index in [1.54, 1.807) is 48.5 Å². The molecule has 0 bridgehead atoms. The number of carbonyl (C=O) groups excluding carboxylic acids is 2. The summed E-state index contributed by atoms with van der Waals surface area (Å²) in [6.07, 6.45) is 0. The third kappa shape index (κ3) is 5.49. The fourth-order valence-corrected chi connectivity index (χ4v) is 4.81. The van der Waals surface area contributed by atoms with Crippen molar-refractivity contribution >= 4 is 58.2 Å². The van der Waals surface area contributed by atoms with Crippen molar-refractivity contribution in [3.8, 4) is 11.5 Å². The van der Waals surface area contributed by atoms with Crippen LogP contribution in [0.2, 0.25) is 10.0 Å². The van der Waals surface area contributed by atoms with Crippen LogP contribution in [0.5, 0.6) is 11.5 Å². The van der Waals surface area contributed by atoms with Gasteiger partial charge in [-0.1, -0.05) is 53.2 Å². The van der Waals surface area contributed by atoms with Gasteiger partial charge in [0.25, 0.3) is 11.8 Å². The Kier molecular flexibility index (Phi) is 7.19. The van der Waals surface area contributed by atoms with Gasteiger partial charge in [-0.05, 0) is 78.9 Å². The lowest BCUT2D eigenvalue weighted by atomic mass is 10.2. The summed E-state index contributed by atoms with van der Waals surface area (Å²) in [7, 11) is 0. The molecule has 0 spiro atoms. The van der Waals surface area contributed by atoms with Gasteiger partial charge in [0.05, 0.1) is 10.7 Å². The average molecular weight is 551 g/mol. The summed E-state index contributed by atoms with van der Waals surface area (Å²) in [6.45, 7) is 0. The van der Waals surface area contributed by atoms with Crippen LogP contribution in [-0.2, 0) is 9.59 Å². The van der Waals surface area contributed by atoms with Gasteiger partial charge in [0.1, 0.15) is 27.9 Å². The number of halogens is 3. The first-order chi connectivity index (χ1) is 17.9. The molecular formula is C28H17Cl2FN2O3S. The highest BCUT2D eigenvalue weighted by molar-refractivity contribution is 8.04. The second-order valence-corrected chi connectivity index (χ2v) is 9.80. The van der Waals surface area contributed by atoms with E-state index in [0.29, 0.717) is 32.8 Å². The minimum absolute atomic E-state index is 0.0530. The molecule has 5 nitrogen and oxygen atoms in total. The summed E-state index contributed by atoms with van der Waals surface area (Å²) in [5.41, 5.74) is 0.793. The van der Waals surface area contributed by atoms with Crippen LogP contribution in [0.25, 0.3) is 0 Å². The third-order valence-electron chi connectivity index (χ3n) is 5.34. The topological polar surface area (TPSA) is 58.6 Å². The number of imide groups is 1. The molecule has 1 heterocycles. The van der Waals surface area contributed by atoms with E-state index in [2.05, 4.69) is 5.32 Å². The first kappa shape index (κ1) is 24.9. The largest absolute Gasteiger partial charge is 0.457 e. The molecule has 1 N–H and O–H groups in total. The number of carbonyl (C=O) groups is 2. The highest BCUT2D eigenvalue weighted by Crippen LogP contribution is 2.39. The number of para-hydroxylation sites is 1. The molecular weight excluding hydrogens is 534 g/mol. The Hall–Kier alpha value is -3.78. The van der Waals surface area contributed by atoms with Crippen LogP contribution in [0.1, 0.15) is 0 Å². The molecule has 1 aliphatic heterocycles. The lowest BCUT2D eigenvalue weighted by Crippen LogP contribution is -2.32. The van der Waals surface area contributed by atoms with Crippen LogP contribution in [-0.4, -0.2) is 11.8 Å². The van der Waals surface area contributed by atoms with Gasteiger partial charge in [-0.15, -0.1) is 0 Å². The standard InChI is InChI=1S/C28H17Cl2FN2O3S/c29-17-6-13-22(14-7-17)37-26-25(32-18-8-15-24(31)23(30)16-18)27(34)33(28(26)35)19-9-11-21(12-10-19)36-20-4-2-1-3-5-20/h1-16,32H. The van der Waals surface area contributed by atoms with Gasteiger partial charge in [0.2, 0.25) is 0 Å². The Labute approximate surface area is 226 Å². The van der Waals surface area contributed by atoms with Crippen LogP contribution in [0.15, 0.2) is 113 Å². The summed E-state index contributed by atoms with van der Waals surface area (Å²) < 4.78 is 19.5. The Bertz CT molecular complexity index is 1510. The van der Waals surface area contributed by atoms with E-state index < -0.39 is 17.6 Å². The minimum Gasteiger partial charge on any atom is -0.457 e. The highest BCUT2D eigenvalue weighted by atomic mass is 35.5. The number of amides is 2. The van der Waals surface area contributed by atoms with Gasteiger partial charge < -0.3 is 10.1 Å². The SMILES string of the molecule is O=C1C(Nc2ccc(F)c(Cl)c2)=C(Sc2ccc(Cl)cc2)C(=O)N1c1ccc(Oc2ccccc2)cc1. The molecule has 184 valence electrons. The van der Waals surface area contributed by atoms with Crippen LogP contribution in [0.3, 0.4) is 0 Å². The smallest absolute Gasteiger partial charge is 0.283 e. The molecule has 9 heteroatoms. The highest BCUT2D eigenvalue weighted by Gasteiger charge is 2.40. The number of ether oxygens (including phenoxy) is 1. The maximum Gasteiger partial charge on any atom is 0.283 e. The molecule has 0 radical (unpaired) electrons. The summed E-state index contributed by atoms with van der Waals surface area (Å²) in [4.78, 5) is 29.0. The fourth-order valence-electron chi connectivity index (χ4n) is 3.58. The van der Waals surface area contributed by atoms with Gasteiger partial charge in [0.15, 0.2) is 0 Å². The summed E-state index contributed by atoms with van der Waals surface area (Å²) in [5.74, 6) is -0.436. The van der Waals surface area contributed by atoms with E-state index in [4.69, 9.17) is 27.9 Å². The first-order valence-corrected chi connectivity index (χ1v) is 12.6. The Balaban J connectivity index is 1.45. The molecule has 37 heavy (non-hydrogen) atoms. The van der Waals surface area contributed by atoms with Gasteiger partial charge in [-0.3, -0.25) is 9.59 Å². The third-order valence-corrected chi connectivity index (χ3v) is 6.97. The summed E-state index contributed by atoms with van der Waals surface area (Å²) in [6, 6.07) is 26.8. The Morgan fingerprint density at radius 3 is 2.14 bits per heavy atom. The number of benzene rings is 4. The van der Waals surface area contributed by atoms with Crippen molar-refractivity contribution in [2.45, 2.75) is 4.90 Å². The van der Waals surface area contributed by atoms with Gasteiger partial charge in [-0.2, -0.15) is 0 Å². The zero-order valence-electron chi connectivity index (χ0n) is 19.0. The van der Waals surface area contributed by atoms with Gasteiger partial charge >= 0.3 is 0 Å². The zero-order chi connectivity index (χ0) is 25.9. The average Bonchev–Trinajstić information content (AvgIpc) is 3.12. The molecule has 0 saturated heterocycles. The molecule has 0 aromatic heterocycles. The van der Waals surface area contributed by atoms with Crippen molar-refractivity contribution in [3.63, 3.8) is 0 Å². The molecule has 4 aromatic rings. The van der Waals surface area contributed by atoms with Crippen LogP contribution in [0.4, 0.5) is 15.8 Å². The van der Waals surface area contributed by atoms with Crippen LogP contribution < -0.4 is 15.0 Å². The molecule has 0 fully saturated rings. The van der Waals surface area contributed by atoms with E-state index in [9.17, 15) is 14.0 Å². The minimum atomic E-state index is -0.592. The lowest BCUT2D eigenvalue weighted by molar-refractivity contribution is -0.120. The normalized spacial score (nSPS) is 13.3. The van der Waals surface area contributed by atoms with Crippen LogP contribution in [0, 0.1) is 5.82 Å². The van der Waals surface area contributed by atoms with E-state index >= 15 is 0 Å². The maximum absolute atomic E-state index is 13.7. The fraction of sp³-hybridized carbons (Fsp3) is 0. The molecule has 1 aliphatic rings. The molecule has 0 aliphatic carbocycles. The lowest BCUT2D eigenvalue weighted by Gasteiger charge is -2.16. The molecule has 5 rings (SSSR count). The summed E-state index contributed by atoms with van der Waals surface area (Å²) in [5, 5.41) is 3.40. The van der Waals surface area contributed by atoms with Crippen molar-refractivity contribution in [2.24, 2.45) is 0 Å². The number of hydrogen-bond donors (Lipinski definition) is 1. The molecule has 4 aromatic carbocycles. The quantitative estimate of drug-likeness (QED) is 0.237. The first-order valence-electron chi connectivity index (χ1n) is 11.0. The number of thioether (sulfide) groups is 1. The van der Waals surface area contributed by atoms with Crippen molar-refractivity contribution in [2.75, 3.05) is 10.2 Å². The predicted octanol–water partition coefficient (Wildman–Crippen LogP) is 7.91. The number of nitrogens with zero attached hydrogens (tertiary/aromatic N) is 1. The van der Waals surface area contributed by atoms with Crippen molar-refractivity contribution in [1.29, 1.82) is 0 Å². The Morgan fingerprint density at radius 1 is 0.784 bits per heavy atom. The molecule has 2 amide bonds. The number of rotatable bonds is 7. The Morgan fingerprint density at radius 2 is 1.46 bits per heavy atom. The van der Waals surface area contributed by atoms with Crippen LogP contribution >= 0.6 is 35.0 Å². The monoisotopic (exact) mass is 550 g/mol. The van der Waals surface area contributed by atoms with Crippen molar-refractivity contribution in [3.05, 3.63) is 124 Å². The summed E-state index contributed by atoms with van der Waals surface area (Å²) >= 11 is 13.0. The number of hydrogen-bond acceptors (Lipinski definition) is 5. The molecule has 0 saturated carbocycles. The molecule has 0 unspecified atom stereocenters. The van der Waals surface area contributed by atoms with E-state index in [1.165, 1.54) is 18.2 Å². The maximum atomic E-state index is 13.7. The zero-order valence-corrected chi connectivity index (χ0v) is 21.3. The predicted molar refractivity (Wildman–Crippen MR) is 145 cm³/mol. The van der Waals surface area contributed by atoms with E-state index in [0.717, 1.165) is 16.7 Å².